The largest absolute Gasteiger partial charge is 0.362 e. The average Bonchev–Trinajstić information content (AvgIpc) is 2.92. The standard InChI is InChI=1S/C22H24Cl2N4O2S/c1-14(29)26-8-9-27-21(30)20-19(15-6-7-17(23)18(24)12-15)16(13-25)22(31-20)28-10-4-2-3-5-11-28/h6-7,12H,2-5,8-11H2,1H3,(H,26,29)(H,27,30). The van der Waals surface area contributed by atoms with Crippen LogP contribution < -0.4 is 15.5 Å². The molecule has 2 amide bonds. The molecule has 164 valence electrons. The second-order valence-corrected chi connectivity index (χ2v) is 9.18. The molecule has 0 unspecified atom stereocenters. The molecule has 1 saturated heterocycles. The van der Waals surface area contributed by atoms with Crippen molar-refractivity contribution in [2.24, 2.45) is 0 Å². The number of nitrogens with zero attached hydrogens (tertiary/aromatic N) is 2. The second kappa shape index (κ2) is 10.9. The molecule has 0 radical (unpaired) electrons. The van der Waals surface area contributed by atoms with Gasteiger partial charge in [0.25, 0.3) is 5.91 Å². The van der Waals surface area contributed by atoms with E-state index in [0.717, 1.165) is 30.9 Å². The molecule has 2 heterocycles. The van der Waals surface area contributed by atoms with E-state index in [2.05, 4.69) is 21.6 Å². The van der Waals surface area contributed by atoms with Crippen LogP contribution in [0.15, 0.2) is 18.2 Å². The van der Waals surface area contributed by atoms with Gasteiger partial charge in [0.1, 0.15) is 15.9 Å². The van der Waals surface area contributed by atoms with E-state index in [1.807, 2.05) is 0 Å². The first-order valence-electron chi connectivity index (χ1n) is 10.2. The topological polar surface area (TPSA) is 85.2 Å². The predicted molar refractivity (Wildman–Crippen MR) is 126 cm³/mol. The summed E-state index contributed by atoms with van der Waals surface area (Å²) in [6.07, 6.45) is 4.45. The van der Waals surface area contributed by atoms with Crippen LogP contribution in [-0.2, 0) is 4.79 Å². The number of thiophene rings is 1. The van der Waals surface area contributed by atoms with Crippen LogP contribution in [0.5, 0.6) is 0 Å². The van der Waals surface area contributed by atoms with Gasteiger partial charge in [-0.1, -0.05) is 42.1 Å². The minimum Gasteiger partial charge on any atom is -0.362 e. The van der Waals surface area contributed by atoms with Gasteiger partial charge >= 0.3 is 0 Å². The zero-order chi connectivity index (χ0) is 22.4. The Morgan fingerprint density at radius 2 is 1.77 bits per heavy atom. The van der Waals surface area contributed by atoms with Crippen molar-refractivity contribution in [3.63, 3.8) is 0 Å². The van der Waals surface area contributed by atoms with Crippen LogP contribution >= 0.6 is 34.5 Å². The molecule has 1 aliphatic heterocycles. The second-order valence-electron chi connectivity index (χ2n) is 7.37. The number of nitrogens with one attached hydrogen (secondary N) is 2. The fourth-order valence-electron chi connectivity index (χ4n) is 3.60. The molecule has 9 heteroatoms. The smallest absolute Gasteiger partial charge is 0.262 e. The van der Waals surface area contributed by atoms with Crippen molar-refractivity contribution in [3.05, 3.63) is 38.7 Å². The maximum atomic E-state index is 13.1. The molecule has 0 aliphatic carbocycles. The van der Waals surface area contributed by atoms with Crippen molar-refractivity contribution in [1.82, 2.24) is 10.6 Å². The molecule has 1 aliphatic rings. The molecule has 0 saturated carbocycles. The van der Waals surface area contributed by atoms with Gasteiger partial charge in [-0.2, -0.15) is 5.26 Å². The highest BCUT2D eigenvalue weighted by atomic mass is 35.5. The maximum Gasteiger partial charge on any atom is 0.262 e. The van der Waals surface area contributed by atoms with Crippen molar-refractivity contribution >= 4 is 51.4 Å². The maximum absolute atomic E-state index is 13.1. The lowest BCUT2D eigenvalue weighted by Crippen LogP contribution is -2.33. The number of anilines is 1. The molecule has 6 nitrogen and oxygen atoms in total. The van der Waals surface area contributed by atoms with Crippen LogP contribution in [0.2, 0.25) is 10.0 Å². The Morgan fingerprint density at radius 1 is 1.10 bits per heavy atom. The summed E-state index contributed by atoms with van der Waals surface area (Å²) in [5.74, 6) is -0.439. The van der Waals surface area contributed by atoms with Gasteiger partial charge in [0.05, 0.1) is 15.6 Å². The molecule has 2 aromatic rings. The van der Waals surface area contributed by atoms with E-state index in [-0.39, 0.29) is 18.4 Å². The van der Waals surface area contributed by atoms with Gasteiger partial charge in [0.2, 0.25) is 5.91 Å². The number of hydrogen-bond donors (Lipinski definition) is 2. The van der Waals surface area contributed by atoms with Crippen LogP contribution in [0.1, 0.15) is 47.8 Å². The summed E-state index contributed by atoms with van der Waals surface area (Å²) in [4.78, 5) is 26.8. The Kier molecular flexibility index (Phi) is 8.19. The number of carbonyl (C=O) groups is 2. The first-order valence-corrected chi connectivity index (χ1v) is 11.8. The zero-order valence-corrected chi connectivity index (χ0v) is 19.6. The fraction of sp³-hybridized carbons (Fsp3) is 0.409. The zero-order valence-electron chi connectivity index (χ0n) is 17.3. The summed E-state index contributed by atoms with van der Waals surface area (Å²) in [6.45, 7) is 3.77. The van der Waals surface area contributed by atoms with Crippen molar-refractivity contribution in [2.75, 3.05) is 31.1 Å². The summed E-state index contributed by atoms with van der Waals surface area (Å²) in [7, 11) is 0. The Labute approximate surface area is 196 Å². The molecular formula is C22H24Cl2N4O2S. The van der Waals surface area contributed by atoms with E-state index < -0.39 is 0 Å². The number of hydrogen-bond acceptors (Lipinski definition) is 5. The summed E-state index contributed by atoms with van der Waals surface area (Å²) in [5.41, 5.74) is 1.73. The van der Waals surface area contributed by atoms with E-state index in [0.29, 0.717) is 38.2 Å². The molecule has 2 N–H and O–H groups in total. The summed E-state index contributed by atoms with van der Waals surface area (Å²) >= 11 is 13.7. The molecule has 1 aromatic heterocycles. The van der Waals surface area contributed by atoms with Gasteiger partial charge in [0.15, 0.2) is 0 Å². The van der Waals surface area contributed by atoms with E-state index >= 15 is 0 Å². The normalized spacial score (nSPS) is 13.9. The summed E-state index contributed by atoms with van der Waals surface area (Å²) < 4.78 is 0. The third-order valence-corrected chi connectivity index (χ3v) is 7.08. The molecule has 3 rings (SSSR count). The number of nitriles is 1. The number of carbonyl (C=O) groups excluding carboxylic acids is 2. The highest BCUT2D eigenvalue weighted by molar-refractivity contribution is 7.18. The predicted octanol–water partition coefficient (Wildman–Crippen LogP) is 4.84. The number of benzene rings is 1. The van der Waals surface area contributed by atoms with E-state index in [1.54, 1.807) is 18.2 Å². The first-order chi connectivity index (χ1) is 14.9. The van der Waals surface area contributed by atoms with Gasteiger partial charge < -0.3 is 15.5 Å². The van der Waals surface area contributed by atoms with Crippen molar-refractivity contribution < 1.29 is 9.59 Å². The Hall–Kier alpha value is -2.27. The fourth-order valence-corrected chi connectivity index (χ4v) is 5.14. The molecule has 0 atom stereocenters. The van der Waals surface area contributed by atoms with Crippen LogP contribution in [-0.4, -0.2) is 38.0 Å². The highest BCUT2D eigenvalue weighted by Crippen LogP contribution is 2.43. The lowest BCUT2D eigenvalue weighted by atomic mass is 10.0. The van der Waals surface area contributed by atoms with Gasteiger partial charge in [0, 0.05) is 38.7 Å². The van der Waals surface area contributed by atoms with Crippen LogP contribution in [0.4, 0.5) is 5.00 Å². The van der Waals surface area contributed by atoms with Crippen LogP contribution in [0.3, 0.4) is 0 Å². The summed E-state index contributed by atoms with van der Waals surface area (Å²) in [5, 5.41) is 17.1. The van der Waals surface area contributed by atoms with Gasteiger partial charge in [-0.3, -0.25) is 9.59 Å². The average molecular weight is 479 g/mol. The minimum absolute atomic E-state index is 0.155. The third kappa shape index (κ3) is 5.70. The lowest BCUT2D eigenvalue weighted by molar-refractivity contribution is -0.118. The Morgan fingerprint density at radius 3 is 2.39 bits per heavy atom. The van der Waals surface area contributed by atoms with Crippen molar-refractivity contribution in [3.8, 4) is 17.2 Å². The summed E-state index contributed by atoms with van der Waals surface area (Å²) in [6, 6.07) is 7.46. The van der Waals surface area contributed by atoms with E-state index in [4.69, 9.17) is 23.2 Å². The quantitative estimate of drug-likeness (QED) is 0.581. The SMILES string of the molecule is CC(=O)NCCNC(=O)c1sc(N2CCCCCC2)c(C#N)c1-c1ccc(Cl)c(Cl)c1. The Bertz CT molecular complexity index is 1010. The van der Waals surface area contributed by atoms with Gasteiger partial charge in [-0.25, -0.2) is 0 Å². The molecular weight excluding hydrogens is 455 g/mol. The third-order valence-electron chi connectivity index (χ3n) is 5.09. The molecule has 0 spiro atoms. The molecule has 1 fully saturated rings. The van der Waals surface area contributed by atoms with Crippen molar-refractivity contribution in [1.29, 1.82) is 5.26 Å². The molecule has 1 aromatic carbocycles. The first kappa shape index (κ1) is 23.4. The van der Waals surface area contributed by atoms with Gasteiger partial charge in [-0.05, 0) is 30.5 Å². The van der Waals surface area contributed by atoms with Crippen LogP contribution in [0, 0.1) is 11.3 Å². The highest BCUT2D eigenvalue weighted by Gasteiger charge is 2.27. The number of halogens is 2. The lowest BCUT2D eigenvalue weighted by Gasteiger charge is -2.21. The Balaban J connectivity index is 2.02. The van der Waals surface area contributed by atoms with E-state index in [1.165, 1.54) is 31.1 Å². The molecule has 31 heavy (non-hydrogen) atoms. The van der Waals surface area contributed by atoms with Crippen LogP contribution in [0.25, 0.3) is 11.1 Å². The minimum atomic E-state index is -0.283. The monoisotopic (exact) mass is 478 g/mol. The van der Waals surface area contributed by atoms with E-state index in [9.17, 15) is 14.9 Å². The number of rotatable bonds is 6. The number of amides is 2. The van der Waals surface area contributed by atoms with Gasteiger partial charge in [-0.15, -0.1) is 11.3 Å². The molecule has 0 bridgehead atoms. The van der Waals surface area contributed by atoms with Crippen molar-refractivity contribution in [2.45, 2.75) is 32.6 Å².